The fourth-order valence-corrected chi connectivity index (χ4v) is 1.72. The van der Waals surface area contributed by atoms with E-state index < -0.39 is 0 Å². The Morgan fingerprint density at radius 3 is 2.83 bits per heavy atom. The molecule has 0 amide bonds. The SMILES string of the molecule is CCCCN=C(NN)Nc1cc(Br)c(F)cc1C. The average Bonchev–Trinajstić information content (AvgIpc) is 2.34. The van der Waals surface area contributed by atoms with Crippen LogP contribution in [0.2, 0.25) is 0 Å². The molecule has 0 aliphatic carbocycles. The van der Waals surface area contributed by atoms with Crippen LogP contribution >= 0.6 is 15.9 Å². The molecule has 1 aromatic carbocycles. The van der Waals surface area contributed by atoms with E-state index in [1.54, 1.807) is 6.07 Å². The lowest BCUT2D eigenvalue weighted by Gasteiger charge is -2.12. The standard InChI is InChI=1S/C12H18BrFN4/c1-3-4-5-16-12(18-15)17-11-7-9(13)10(14)6-8(11)2/h6-7H,3-5,15H2,1-2H3,(H2,16,17,18). The Hall–Kier alpha value is -1.14. The predicted octanol–water partition coefficient (Wildman–Crippen LogP) is 2.93. The van der Waals surface area contributed by atoms with Gasteiger partial charge in [-0.25, -0.2) is 10.2 Å². The van der Waals surface area contributed by atoms with Crippen LogP contribution in [0, 0.1) is 12.7 Å². The van der Waals surface area contributed by atoms with Crippen molar-refractivity contribution in [2.45, 2.75) is 26.7 Å². The summed E-state index contributed by atoms with van der Waals surface area (Å²) in [6, 6.07) is 3.12. The van der Waals surface area contributed by atoms with E-state index in [0.717, 1.165) is 24.1 Å². The Morgan fingerprint density at radius 2 is 2.22 bits per heavy atom. The Morgan fingerprint density at radius 1 is 1.50 bits per heavy atom. The van der Waals surface area contributed by atoms with Crippen molar-refractivity contribution in [1.29, 1.82) is 0 Å². The number of nitrogens with two attached hydrogens (primary N) is 1. The zero-order chi connectivity index (χ0) is 13.5. The van der Waals surface area contributed by atoms with Crippen molar-refractivity contribution in [2.24, 2.45) is 10.8 Å². The van der Waals surface area contributed by atoms with Gasteiger partial charge in [-0.2, -0.15) is 0 Å². The van der Waals surface area contributed by atoms with Crippen LogP contribution in [0.15, 0.2) is 21.6 Å². The summed E-state index contributed by atoms with van der Waals surface area (Å²) in [5.74, 6) is 5.58. The second kappa shape index (κ2) is 7.33. The normalized spacial score (nSPS) is 11.5. The third kappa shape index (κ3) is 4.27. The molecule has 0 fully saturated rings. The molecular weight excluding hydrogens is 299 g/mol. The maximum atomic E-state index is 13.3. The van der Waals surface area contributed by atoms with Gasteiger partial charge in [-0.15, -0.1) is 0 Å². The number of hydrogen-bond acceptors (Lipinski definition) is 2. The first-order chi connectivity index (χ1) is 8.58. The van der Waals surface area contributed by atoms with E-state index in [1.165, 1.54) is 6.07 Å². The number of aryl methyl sites for hydroxylation is 1. The molecule has 18 heavy (non-hydrogen) atoms. The maximum Gasteiger partial charge on any atom is 0.210 e. The number of rotatable bonds is 4. The highest BCUT2D eigenvalue weighted by molar-refractivity contribution is 9.10. The minimum absolute atomic E-state index is 0.289. The van der Waals surface area contributed by atoms with E-state index >= 15 is 0 Å². The molecule has 0 saturated heterocycles. The van der Waals surface area contributed by atoms with Gasteiger partial charge in [0.15, 0.2) is 0 Å². The summed E-state index contributed by atoms with van der Waals surface area (Å²) >= 11 is 3.15. The maximum absolute atomic E-state index is 13.3. The van der Waals surface area contributed by atoms with Gasteiger partial charge in [0.05, 0.1) is 4.47 Å². The van der Waals surface area contributed by atoms with Gasteiger partial charge in [0.1, 0.15) is 5.82 Å². The first-order valence-corrected chi connectivity index (χ1v) is 6.61. The average molecular weight is 317 g/mol. The van der Waals surface area contributed by atoms with Gasteiger partial charge < -0.3 is 5.32 Å². The van der Waals surface area contributed by atoms with Crippen LogP contribution in [0.3, 0.4) is 0 Å². The number of nitrogens with zero attached hydrogens (tertiary/aromatic N) is 1. The molecule has 0 radical (unpaired) electrons. The van der Waals surface area contributed by atoms with Crippen molar-refractivity contribution < 1.29 is 4.39 Å². The van der Waals surface area contributed by atoms with Gasteiger partial charge in [0.25, 0.3) is 0 Å². The lowest BCUT2D eigenvalue weighted by atomic mass is 10.2. The van der Waals surface area contributed by atoms with Crippen LogP contribution in [-0.2, 0) is 0 Å². The quantitative estimate of drug-likeness (QED) is 0.263. The van der Waals surface area contributed by atoms with E-state index in [1.807, 2.05) is 6.92 Å². The lowest BCUT2D eigenvalue weighted by Crippen LogP contribution is -2.36. The van der Waals surface area contributed by atoms with Crippen LogP contribution in [0.25, 0.3) is 0 Å². The summed E-state index contributed by atoms with van der Waals surface area (Å²) < 4.78 is 13.7. The Kier molecular flexibility index (Phi) is 6.07. The van der Waals surface area contributed by atoms with Crippen LogP contribution < -0.4 is 16.6 Å². The molecule has 1 aromatic rings. The molecule has 4 nitrogen and oxygen atoms in total. The molecule has 0 spiro atoms. The molecule has 0 saturated carbocycles. The van der Waals surface area contributed by atoms with Crippen molar-refractivity contribution in [1.82, 2.24) is 5.43 Å². The number of hydrazine groups is 1. The molecular formula is C12H18BrFN4. The molecule has 0 atom stereocenters. The molecule has 100 valence electrons. The van der Waals surface area contributed by atoms with Gasteiger partial charge in [-0.3, -0.25) is 10.4 Å². The van der Waals surface area contributed by atoms with Crippen LogP contribution in [0.5, 0.6) is 0 Å². The highest BCUT2D eigenvalue weighted by Crippen LogP contribution is 2.24. The van der Waals surface area contributed by atoms with Crippen molar-refractivity contribution in [3.8, 4) is 0 Å². The summed E-state index contributed by atoms with van der Waals surface area (Å²) in [6.45, 7) is 4.61. The summed E-state index contributed by atoms with van der Waals surface area (Å²) in [5.41, 5.74) is 4.05. The van der Waals surface area contributed by atoms with Crippen molar-refractivity contribution in [2.75, 3.05) is 11.9 Å². The number of guanidine groups is 1. The highest BCUT2D eigenvalue weighted by atomic mass is 79.9. The molecule has 0 aliphatic heterocycles. The Labute approximate surface area is 115 Å². The zero-order valence-electron chi connectivity index (χ0n) is 10.6. The lowest BCUT2D eigenvalue weighted by molar-refractivity contribution is 0.620. The van der Waals surface area contributed by atoms with Crippen molar-refractivity contribution >= 4 is 27.6 Å². The van der Waals surface area contributed by atoms with Crippen molar-refractivity contribution in [3.05, 3.63) is 28.0 Å². The fourth-order valence-electron chi connectivity index (χ4n) is 1.38. The molecule has 0 bridgehead atoms. The molecule has 4 N–H and O–H groups in total. The first-order valence-electron chi connectivity index (χ1n) is 5.82. The molecule has 6 heteroatoms. The summed E-state index contributed by atoms with van der Waals surface area (Å²) in [7, 11) is 0. The molecule has 0 aromatic heterocycles. The van der Waals surface area contributed by atoms with E-state index in [0.29, 0.717) is 17.0 Å². The summed E-state index contributed by atoms with van der Waals surface area (Å²) in [4.78, 5) is 4.28. The Balaban J connectivity index is 2.81. The summed E-state index contributed by atoms with van der Waals surface area (Å²) in [5, 5.41) is 3.04. The minimum Gasteiger partial charge on any atom is -0.325 e. The minimum atomic E-state index is -0.289. The predicted molar refractivity (Wildman–Crippen MR) is 77.0 cm³/mol. The van der Waals surface area contributed by atoms with E-state index in [2.05, 4.69) is 38.6 Å². The largest absolute Gasteiger partial charge is 0.325 e. The molecule has 0 heterocycles. The molecule has 0 unspecified atom stereocenters. The van der Waals surface area contributed by atoms with Crippen molar-refractivity contribution in [3.63, 3.8) is 0 Å². The van der Waals surface area contributed by atoms with E-state index in [-0.39, 0.29) is 5.82 Å². The fraction of sp³-hybridized carbons (Fsp3) is 0.417. The number of nitrogens with one attached hydrogen (secondary N) is 2. The van der Waals surface area contributed by atoms with Gasteiger partial charge in [0.2, 0.25) is 5.96 Å². The first kappa shape index (κ1) is 14.9. The Bertz CT molecular complexity index is 434. The van der Waals surface area contributed by atoms with Gasteiger partial charge >= 0.3 is 0 Å². The number of anilines is 1. The van der Waals surface area contributed by atoms with Crippen LogP contribution in [0.4, 0.5) is 10.1 Å². The number of halogens is 2. The number of benzene rings is 1. The zero-order valence-corrected chi connectivity index (χ0v) is 12.1. The monoisotopic (exact) mass is 316 g/mol. The van der Waals surface area contributed by atoms with Gasteiger partial charge in [-0.1, -0.05) is 13.3 Å². The van der Waals surface area contributed by atoms with Crippen LogP contribution in [-0.4, -0.2) is 12.5 Å². The number of unbranched alkanes of at least 4 members (excludes halogenated alkanes) is 1. The third-order valence-electron chi connectivity index (χ3n) is 2.44. The van der Waals surface area contributed by atoms with Crippen LogP contribution in [0.1, 0.15) is 25.3 Å². The van der Waals surface area contributed by atoms with E-state index in [9.17, 15) is 4.39 Å². The number of hydrogen-bond donors (Lipinski definition) is 3. The molecule has 1 rings (SSSR count). The topological polar surface area (TPSA) is 62.4 Å². The smallest absolute Gasteiger partial charge is 0.210 e. The molecule has 0 aliphatic rings. The van der Waals surface area contributed by atoms with E-state index in [4.69, 9.17) is 5.84 Å². The highest BCUT2D eigenvalue weighted by Gasteiger charge is 2.06. The third-order valence-corrected chi connectivity index (χ3v) is 3.05. The van der Waals surface area contributed by atoms with Gasteiger partial charge in [-0.05, 0) is 47.0 Å². The van der Waals surface area contributed by atoms with Gasteiger partial charge in [0, 0.05) is 12.2 Å². The second-order valence-electron chi connectivity index (χ2n) is 3.93. The summed E-state index contributed by atoms with van der Waals surface area (Å²) in [6.07, 6.45) is 2.07. The second-order valence-corrected chi connectivity index (χ2v) is 4.79. The number of aliphatic imine (C=N–C) groups is 1.